The molecule has 0 aliphatic carbocycles. The summed E-state index contributed by atoms with van der Waals surface area (Å²) in [6.07, 6.45) is 1.47. The maximum atomic E-state index is 10.4. The van der Waals surface area contributed by atoms with Gasteiger partial charge in [-0.25, -0.2) is 0 Å². The van der Waals surface area contributed by atoms with Crippen molar-refractivity contribution >= 4 is 22.6 Å². The molecule has 2 rings (SSSR count). The first-order valence-electron chi connectivity index (χ1n) is 4.47. The van der Waals surface area contributed by atoms with E-state index in [-0.39, 0.29) is 12.2 Å². The van der Waals surface area contributed by atoms with Gasteiger partial charge in [0.1, 0.15) is 0 Å². The summed E-state index contributed by atoms with van der Waals surface area (Å²) in [5, 5.41) is 17.4. The number of rotatable bonds is 0. The minimum Gasteiger partial charge on any atom is -0.392 e. The molecule has 3 atom stereocenters. The van der Waals surface area contributed by atoms with E-state index in [1.54, 1.807) is 0 Å². The molecule has 2 aliphatic heterocycles. The summed E-state index contributed by atoms with van der Waals surface area (Å²) in [6.45, 7) is 0. The third-order valence-corrected chi connectivity index (χ3v) is 4.56. The molecule has 2 N–H and O–H groups in total. The van der Waals surface area contributed by atoms with E-state index in [4.69, 9.17) is 10.2 Å². The van der Waals surface area contributed by atoms with Crippen LogP contribution < -0.4 is 0 Å². The molecule has 2 fully saturated rings. The highest BCUT2D eigenvalue weighted by atomic mass is 32.2. The van der Waals surface area contributed by atoms with Gasteiger partial charge >= 0.3 is 0 Å². The van der Waals surface area contributed by atoms with E-state index < -0.39 is 10.8 Å². The smallest absolute Gasteiger partial charge is 0.0664 e. The first kappa shape index (κ1) is 11.5. The third-order valence-electron chi connectivity index (χ3n) is 1.96. The second kappa shape index (κ2) is 6.01. The molecule has 0 unspecified atom stereocenters. The Kier molecular flexibility index (Phi) is 5.31. The summed E-state index contributed by atoms with van der Waals surface area (Å²) < 4.78 is 10.4. The highest BCUT2D eigenvalue weighted by Crippen LogP contribution is 2.15. The average Bonchev–Trinajstić information content (AvgIpc) is 2.64. The molecule has 0 saturated carbocycles. The van der Waals surface area contributed by atoms with E-state index in [9.17, 15) is 4.21 Å². The van der Waals surface area contributed by atoms with Crippen molar-refractivity contribution < 1.29 is 14.4 Å². The van der Waals surface area contributed by atoms with Crippen LogP contribution in [-0.2, 0) is 10.8 Å². The maximum Gasteiger partial charge on any atom is 0.0664 e. The van der Waals surface area contributed by atoms with Gasteiger partial charge in [-0.05, 0) is 18.6 Å². The quantitative estimate of drug-likeness (QED) is 0.607. The summed E-state index contributed by atoms with van der Waals surface area (Å²) in [6, 6.07) is 0. The van der Waals surface area contributed by atoms with E-state index in [0.717, 1.165) is 24.3 Å². The lowest BCUT2D eigenvalue weighted by Crippen LogP contribution is -2.03. The number of aliphatic hydroxyl groups is 2. The minimum absolute atomic E-state index is 0.00926. The zero-order valence-electron chi connectivity index (χ0n) is 7.52. The molecule has 2 saturated heterocycles. The Balaban J connectivity index is 0.000000132. The Bertz CT molecular complexity index is 169. The Hall–Kier alpha value is 0.420. The molecule has 2 aliphatic rings. The zero-order chi connectivity index (χ0) is 9.68. The van der Waals surface area contributed by atoms with Gasteiger partial charge in [0.05, 0.1) is 12.2 Å². The van der Waals surface area contributed by atoms with Crippen LogP contribution in [0.15, 0.2) is 0 Å². The fraction of sp³-hybridized carbons (Fsp3) is 1.00. The maximum absolute atomic E-state index is 10.4. The number of aliphatic hydroxyl groups excluding tert-OH is 2. The lowest BCUT2D eigenvalue weighted by molar-refractivity contribution is 0.202. The highest BCUT2D eigenvalue weighted by molar-refractivity contribution is 7.99. The van der Waals surface area contributed by atoms with Crippen LogP contribution in [-0.4, -0.2) is 49.6 Å². The Morgan fingerprint density at radius 2 is 2.00 bits per heavy atom. The molecule has 78 valence electrons. The number of hydrogen-bond donors (Lipinski definition) is 2. The largest absolute Gasteiger partial charge is 0.392 e. The summed E-state index contributed by atoms with van der Waals surface area (Å²) in [4.78, 5) is 0. The predicted molar refractivity (Wildman–Crippen MR) is 56.4 cm³/mol. The van der Waals surface area contributed by atoms with E-state index >= 15 is 0 Å². The third kappa shape index (κ3) is 5.00. The molecule has 0 radical (unpaired) electrons. The molecule has 13 heavy (non-hydrogen) atoms. The first-order valence-corrected chi connectivity index (χ1v) is 7.11. The topological polar surface area (TPSA) is 57.5 Å². The van der Waals surface area contributed by atoms with Gasteiger partial charge in [-0.1, -0.05) is 0 Å². The van der Waals surface area contributed by atoms with Gasteiger partial charge in [0.15, 0.2) is 0 Å². The van der Waals surface area contributed by atoms with Gasteiger partial charge in [0, 0.05) is 28.1 Å². The van der Waals surface area contributed by atoms with Crippen molar-refractivity contribution in [2.45, 2.75) is 25.0 Å². The summed E-state index contributed by atoms with van der Waals surface area (Å²) in [7, 11) is -0.703. The van der Waals surface area contributed by atoms with Gasteiger partial charge in [-0.3, -0.25) is 4.21 Å². The van der Waals surface area contributed by atoms with Crippen molar-refractivity contribution in [2.75, 3.05) is 23.0 Å². The highest BCUT2D eigenvalue weighted by Gasteiger charge is 2.17. The van der Waals surface area contributed by atoms with Crippen LogP contribution in [0.1, 0.15) is 12.8 Å². The van der Waals surface area contributed by atoms with E-state index in [0.29, 0.717) is 11.5 Å². The predicted octanol–water partition coefficient (Wildman–Crippen LogP) is -0.0161. The second-order valence-corrected chi connectivity index (χ2v) is 6.04. The lowest BCUT2D eigenvalue weighted by atomic mass is 10.3. The molecule has 0 spiro atoms. The summed E-state index contributed by atoms with van der Waals surface area (Å²) in [5.41, 5.74) is 0. The molecule has 0 aromatic heterocycles. The van der Waals surface area contributed by atoms with E-state index in [1.807, 2.05) is 11.8 Å². The van der Waals surface area contributed by atoms with Gasteiger partial charge in [-0.15, -0.1) is 0 Å². The standard InChI is InChI=1S/C4H8O2S.C4H8OS/c5-4-1-2-7(6)3-4;5-4-1-2-6-3-4/h4-5H,1-3H2;4-5H,1-3H2/t4-,7+;4-/m11/s1. The summed E-state index contributed by atoms with van der Waals surface area (Å²) in [5.74, 6) is 3.31. The fourth-order valence-electron chi connectivity index (χ4n) is 1.17. The Labute approximate surface area is 85.4 Å². The van der Waals surface area contributed by atoms with Gasteiger partial charge < -0.3 is 10.2 Å². The van der Waals surface area contributed by atoms with Gasteiger partial charge in [0.2, 0.25) is 0 Å². The van der Waals surface area contributed by atoms with Crippen molar-refractivity contribution in [1.29, 1.82) is 0 Å². The van der Waals surface area contributed by atoms with Crippen molar-refractivity contribution in [1.82, 2.24) is 0 Å². The molecule has 3 nitrogen and oxygen atoms in total. The molecule has 2 heterocycles. The van der Waals surface area contributed by atoms with Crippen LogP contribution >= 0.6 is 11.8 Å². The Morgan fingerprint density at radius 1 is 1.23 bits per heavy atom. The lowest BCUT2D eigenvalue weighted by Gasteiger charge is -1.90. The first-order chi connectivity index (χ1) is 6.18. The molecule has 0 bridgehead atoms. The van der Waals surface area contributed by atoms with Crippen LogP contribution in [0.3, 0.4) is 0 Å². The van der Waals surface area contributed by atoms with Crippen LogP contribution in [0.2, 0.25) is 0 Å². The van der Waals surface area contributed by atoms with Crippen LogP contribution in [0.25, 0.3) is 0 Å². The fourth-order valence-corrected chi connectivity index (χ4v) is 3.51. The molecular weight excluding hydrogens is 208 g/mol. The zero-order valence-corrected chi connectivity index (χ0v) is 9.15. The van der Waals surface area contributed by atoms with Gasteiger partial charge in [0.25, 0.3) is 0 Å². The van der Waals surface area contributed by atoms with Crippen molar-refractivity contribution in [3.63, 3.8) is 0 Å². The molecular formula is C8H16O3S2. The number of hydrogen-bond acceptors (Lipinski definition) is 4. The SMILES string of the molecule is O=[S@]1CC[C@@H](O)C1.O[C@@H]1CCSC1. The van der Waals surface area contributed by atoms with Crippen LogP contribution in [0.4, 0.5) is 0 Å². The molecule has 0 aromatic carbocycles. The molecule has 0 aromatic rings. The Morgan fingerprint density at radius 3 is 2.15 bits per heavy atom. The molecule has 0 amide bonds. The summed E-state index contributed by atoms with van der Waals surface area (Å²) >= 11 is 1.83. The normalized spacial score (nSPS) is 38.5. The average molecular weight is 224 g/mol. The monoisotopic (exact) mass is 224 g/mol. The van der Waals surface area contributed by atoms with Crippen LogP contribution in [0.5, 0.6) is 0 Å². The minimum atomic E-state index is -0.703. The van der Waals surface area contributed by atoms with Crippen molar-refractivity contribution in [3.05, 3.63) is 0 Å². The van der Waals surface area contributed by atoms with Crippen molar-refractivity contribution in [2.24, 2.45) is 0 Å². The van der Waals surface area contributed by atoms with Crippen molar-refractivity contribution in [3.8, 4) is 0 Å². The van der Waals surface area contributed by atoms with Gasteiger partial charge in [-0.2, -0.15) is 11.8 Å². The second-order valence-electron chi connectivity index (χ2n) is 3.27. The number of thioether (sulfide) groups is 1. The van der Waals surface area contributed by atoms with Crippen LogP contribution in [0, 0.1) is 0 Å². The molecule has 5 heteroatoms. The van der Waals surface area contributed by atoms with E-state index in [2.05, 4.69) is 0 Å². The van der Waals surface area contributed by atoms with E-state index in [1.165, 1.54) is 0 Å².